The first-order valence-corrected chi connectivity index (χ1v) is 8.84. The van der Waals surface area contributed by atoms with Crippen molar-refractivity contribution in [2.45, 2.75) is 20.3 Å². The van der Waals surface area contributed by atoms with Crippen LogP contribution in [0.5, 0.6) is 0 Å². The maximum absolute atomic E-state index is 12.3. The Kier molecular flexibility index (Phi) is 7.22. The molecule has 1 fully saturated rings. The molecule has 0 unspecified atom stereocenters. The van der Waals surface area contributed by atoms with Crippen molar-refractivity contribution >= 4 is 23.3 Å². The highest BCUT2D eigenvalue weighted by Crippen LogP contribution is 2.15. The lowest BCUT2D eigenvalue weighted by atomic mass is 10.1. The van der Waals surface area contributed by atoms with Crippen molar-refractivity contribution in [1.29, 1.82) is 0 Å². The van der Waals surface area contributed by atoms with E-state index in [1.807, 2.05) is 26.0 Å². The van der Waals surface area contributed by atoms with Crippen LogP contribution in [0.4, 0.5) is 0 Å². The molecule has 1 aliphatic heterocycles. The topological polar surface area (TPSA) is 62.4 Å². The zero-order valence-electron chi connectivity index (χ0n) is 14.5. The van der Waals surface area contributed by atoms with Crippen LogP contribution in [0.1, 0.15) is 40.3 Å². The van der Waals surface area contributed by atoms with Gasteiger partial charge in [0.1, 0.15) is 5.69 Å². The maximum atomic E-state index is 12.3. The highest BCUT2D eigenvalue weighted by Gasteiger charge is 2.21. The molecule has 0 aliphatic carbocycles. The fourth-order valence-corrected chi connectivity index (χ4v) is 2.76. The summed E-state index contributed by atoms with van der Waals surface area (Å²) in [6.07, 6.45) is 1.84. The number of halogens is 1. The molecule has 0 bridgehead atoms. The Balaban J connectivity index is 0.00000109. The summed E-state index contributed by atoms with van der Waals surface area (Å²) in [4.78, 5) is 29.3. The monoisotopic (exact) mass is 362 g/mol. The Morgan fingerprint density at radius 3 is 2.60 bits per heavy atom. The van der Waals surface area contributed by atoms with E-state index in [-0.39, 0.29) is 18.1 Å². The van der Waals surface area contributed by atoms with E-state index in [0.29, 0.717) is 42.6 Å². The third-order valence-corrected chi connectivity index (χ3v) is 4.02. The Bertz CT molecular complexity index is 721. The summed E-state index contributed by atoms with van der Waals surface area (Å²) in [6.45, 7) is 6.24. The molecule has 1 aromatic heterocycles. The summed E-state index contributed by atoms with van der Waals surface area (Å²) in [5.74, 6) is -0.153. The predicted molar refractivity (Wildman–Crippen MR) is 98.3 cm³/mol. The molecule has 2 aromatic rings. The van der Waals surface area contributed by atoms with Gasteiger partial charge in [-0.2, -0.15) is 0 Å². The summed E-state index contributed by atoms with van der Waals surface area (Å²) in [7, 11) is 0. The van der Waals surface area contributed by atoms with Crippen LogP contribution in [0.15, 0.2) is 36.5 Å². The molecule has 0 saturated carbocycles. The van der Waals surface area contributed by atoms with Crippen molar-refractivity contribution in [2.75, 3.05) is 26.3 Å². The van der Waals surface area contributed by atoms with Crippen molar-refractivity contribution in [3.63, 3.8) is 0 Å². The van der Waals surface area contributed by atoms with Gasteiger partial charge in [0.2, 0.25) is 0 Å². The Labute approximate surface area is 152 Å². The Hall–Kier alpha value is -2.11. The number of H-pyrrole nitrogens is 1. The third kappa shape index (κ3) is 5.18. The van der Waals surface area contributed by atoms with Gasteiger partial charge >= 0.3 is 0 Å². The van der Waals surface area contributed by atoms with Gasteiger partial charge in [0.25, 0.3) is 5.91 Å². The van der Waals surface area contributed by atoms with E-state index in [0.717, 1.165) is 5.56 Å². The highest BCUT2D eigenvalue weighted by molar-refractivity contribution is 6.30. The molecule has 5 nitrogen and oxygen atoms in total. The minimum Gasteiger partial charge on any atom is -0.378 e. The number of morpholine rings is 1. The number of carbonyl (C=O) groups is 2. The molecular formula is C19H23ClN2O3. The number of Topliss-reactive ketones (excluding diaryl/α,β-unsaturated/α-hetero) is 1. The second kappa shape index (κ2) is 9.39. The first kappa shape index (κ1) is 19.2. The summed E-state index contributed by atoms with van der Waals surface area (Å²) < 4.78 is 5.24. The first-order valence-electron chi connectivity index (χ1n) is 8.46. The average Bonchev–Trinajstić information content (AvgIpc) is 3.14. The van der Waals surface area contributed by atoms with Crippen LogP contribution in [-0.2, 0) is 11.2 Å². The molecule has 134 valence electrons. The molecule has 1 aromatic carbocycles. The quantitative estimate of drug-likeness (QED) is 0.845. The number of ether oxygens (including phenoxy) is 1. The van der Waals surface area contributed by atoms with E-state index < -0.39 is 0 Å². The molecule has 1 saturated heterocycles. The van der Waals surface area contributed by atoms with Crippen molar-refractivity contribution in [3.8, 4) is 0 Å². The van der Waals surface area contributed by atoms with Crippen LogP contribution in [0.25, 0.3) is 0 Å². The van der Waals surface area contributed by atoms with Gasteiger partial charge in [-0.25, -0.2) is 0 Å². The van der Waals surface area contributed by atoms with Gasteiger partial charge in [-0.15, -0.1) is 0 Å². The summed E-state index contributed by atoms with van der Waals surface area (Å²) in [6, 6.07) is 8.83. The van der Waals surface area contributed by atoms with Crippen molar-refractivity contribution in [3.05, 3.63) is 58.4 Å². The van der Waals surface area contributed by atoms with E-state index in [1.165, 1.54) is 0 Å². The molecule has 1 N–H and O–H groups in total. The van der Waals surface area contributed by atoms with Gasteiger partial charge in [-0.3, -0.25) is 9.59 Å². The zero-order valence-corrected chi connectivity index (χ0v) is 15.3. The number of amides is 1. The molecule has 25 heavy (non-hydrogen) atoms. The van der Waals surface area contributed by atoms with Crippen LogP contribution < -0.4 is 0 Å². The van der Waals surface area contributed by atoms with Crippen LogP contribution in [-0.4, -0.2) is 47.9 Å². The number of hydrogen-bond donors (Lipinski definition) is 1. The number of nitrogens with one attached hydrogen (secondary N) is 1. The maximum Gasteiger partial charge on any atom is 0.270 e. The fourth-order valence-electron chi connectivity index (χ4n) is 2.55. The van der Waals surface area contributed by atoms with Gasteiger partial charge in [0.15, 0.2) is 5.78 Å². The first-order chi connectivity index (χ1) is 12.1. The zero-order chi connectivity index (χ0) is 18.2. The van der Waals surface area contributed by atoms with Gasteiger partial charge in [-0.1, -0.05) is 37.6 Å². The number of carbonyl (C=O) groups excluding carboxylic acids is 2. The largest absolute Gasteiger partial charge is 0.378 e. The molecule has 1 amide bonds. The molecule has 0 spiro atoms. The smallest absolute Gasteiger partial charge is 0.270 e. The van der Waals surface area contributed by atoms with Crippen molar-refractivity contribution < 1.29 is 14.3 Å². The lowest BCUT2D eigenvalue weighted by Crippen LogP contribution is -2.40. The molecular weight excluding hydrogens is 340 g/mol. The van der Waals surface area contributed by atoms with Gasteiger partial charge < -0.3 is 14.6 Å². The van der Waals surface area contributed by atoms with Crippen LogP contribution >= 0.6 is 11.6 Å². The van der Waals surface area contributed by atoms with E-state index in [1.54, 1.807) is 29.3 Å². The number of hydrogen-bond acceptors (Lipinski definition) is 3. The standard InChI is InChI=1S/C17H17ClN2O3.C2H6/c18-14-3-1-2-12(8-14)9-16(21)13-10-15(19-11-13)17(22)20-4-6-23-7-5-20;1-2/h1-3,8,10-11,19H,4-7,9H2;1-2H3. The summed E-state index contributed by atoms with van der Waals surface area (Å²) in [5.41, 5.74) is 1.78. The SMILES string of the molecule is CC.O=C(Cc1cccc(Cl)c1)c1c[nH]c(C(=O)N2CCOCC2)c1. The lowest BCUT2D eigenvalue weighted by Gasteiger charge is -2.26. The van der Waals surface area contributed by atoms with Crippen molar-refractivity contribution in [2.24, 2.45) is 0 Å². The lowest BCUT2D eigenvalue weighted by molar-refractivity contribution is 0.0299. The second-order valence-electron chi connectivity index (χ2n) is 5.44. The summed E-state index contributed by atoms with van der Waals surface area (Å²) in [5, 5.41) is 0.604. The Morgan fingerprint density at radius 1 is 1.20 bits per heavy atom. The minimum absolute atomic E-state index is 0.0513. The predicted octanol–water partition coefficient (Wildman–Crippen LogP) is 3.59. The molecule has 6 heteroatoms. The van der Waals surface area contributed by atoms with Gasteiger partial charge in [-0.05, 0) is 23.8 Å². The third-order valence-electron chi connectivity index (χ3n) is 3.79. The molecule has 3 rings (SSSR count). The number of nitrogens with zero attached hydrogens (tertiary/aromatic N) is 1. The van der Waals surface area contributed by atoms with Crippen molar-refractivity contribution in [1.82, 2.24) is 9.88 Å². The molecule has 1 aliphatic rings. The Morgan fingerprint density at radius 2 is 1.92 bits per heavy atom. The van der Waals surface area contributed by atoms with E-state index in [9.17, 15) is 9.59 Å². The number of aromatic nitrogens is 1. The minimum atomic E-state index is -0.102. The van der Waals surface area contributed by atoms with Gasteiger partial charge in [0.05, 0.1) is 13.2 Å². The molecule has 0 radical (unpaired) electrons. The number of aromatic amines is 1. The number of benzene rings is 1. The second-order valence-corrected chi connectivity index (χ2v) is 5.87. The normalized spacial score (nSPS) is 13.8. The van der Waals surface area contributed by atoms with Crippen LogP contribution in [0.3, 0.4) is 0 Å². The fraction of sp³-hybridized carbons (Fsp3) is 0.368. The van der Waals surface area contributed by atoms with E-state index in [2.05, 4.69) is 4.98 Å². The summed E-state index contributed by atoms with van der Waals surface area (Å²) >= 11 is 5.93. The van der Waals surface area contributed by atoms with Crippen LogP contribution in [0, 0.1) is 0 Å². The van der Waals surface area contributed by atoms with E-state index in [4.69, 9.17) is 16.3 Å². The highest BCUT2D eigenvalue weighted by atomic mass is 35.5. The van der Waals surface area contributed by atoms with Crippen LogP contribution in [0.2, 0.25) is 5.02 Å². The number of rotatable bonds is 4. The molecule has 2 heterocycles. The van der Waals surface area contributed by atoms with Gasteiger partial charge in [0, 0.05) is 36.3 Å². The average molecular weight is 363 g/mol. The van der Waals surface area contributed by atoms with E-state index >= 15 is 0 Å². The molecule has 0 atom stereocenters. The number of ketones is 1.